The summed E-state index contributed by atoms with van der Waals surface area (Å²) in [6.45, 7) is 1.03. The average Bonchev–Trinajstić information content (AvgIpc) is 2.43. The summed E-state index contributed by atoms with van der Waals surface area (Å²) >= 11 is 0.964. The third-order valence-corrected chi connectivity index (χ3v) is 2.71. The number of aliphatic hydroxyl groups excluding tert-OH is 1. The molecule has 1 unspecified atom stereocenters. The Morgan fingerprint density at radius 1 is 1.60 bits per heavy atom. The summed E-state index contributed by atoms with van der Waals surface area (Å²) < 4.78 is 39.5. The van der Waals surface area contributed by atoms with Gasteiger partial charge in [0.15, 0.2) is 6.10 Å². The molecule has 1 rings (SSSR count). The molecule has 8 heteroatoms. The average molecular weight is 241 g/mol. The highest BCUT2D eigenvalue weighted by Crippen LogP contribution is 2.26. The van der Waals surface area contributed by atoms with Crippen LogP contribution in [0.25, 0.3) is 0 Å². The van der Waals surface area contributed by atoms with Gasteiger partial charge in [-0.1, -0.05) is 0 Å². The fraction of sp³-hybridized carbons (Fsp3) is 0.571. The number of rotatable bonds is 3. The largest absolute Gasteiger partial charge is 0.416 e. The Balaban J connectivity index is 2.55. The molecule has 0 spiro atoms. The molecule has 1 atom stereocenters. The normalized spacial score (nSPS) is 13.9. The molecular weight excluding hydrogens is 231 g/mol. The third kappa shape index (κ3) is 2.96. The van der Waals surface area contributed by atoms with Crippen LogP contribution in [0.3, 0.4) is 0 Å². The zero-order valence-electron chi connectivity index (χ0n) is 7.80. The summed E-state index contributed by atoms with van der Waals surface area (Å²) in [6, 6.07) is 0. The van der Waals surface area contributed by atoms with Crippen molar-refractivity contribution in [3.8, 4) is 0 Å². The van der Waals surface area contributed by atoms with Gasteiger partial charge in [-0.15, -0.1) is 0 Å². The number of hydrogen-bond donors (Lipinski definition) is 3. The highest BCUT2D eigenvalue weighted by atomic mass is 32.1. The van der Waals surface area contributed by atoms with Crippen LogP contribution in [0.2, 0.25) is 0 Å². The van der Waals surface area contributed by atoms with Crippen LogP contribution in [-0.4, -0.2) is 28.3 Å². The Labute approximate surface area is 88.1 Å². The third-order valence-electron chi connectivity index (χ3n) is 1.79. The van der Waals surface area contributed by atoms with Crippen molar-refractivity contribution in [3.05, 3.63) is 5.56 Å². The molecule has 4 nitrogen and oxygen atoms in total. The lowest BCUT2D eigenvalue weighted by Gasteiger charge is -2.14. The second-order valence-electron chi connectivity index (χ2n) is 2.96. The van der Waals surface area contributed by atoms with Crippen LogP contribution in [-0.2, 0) is 0 Å². The number of nitrogens with two attached hydrogens (primary N) is 1. The molecule has 86 valence electrons. The first-order valence-electron chi connectivity index (χ1n) is 4.02. The minimum absolute atomic E-state index is 0.281. The molecule has 4 N–H and O–H groups in total. The summed E-state index contributed by atoms with van der Waals surface area (Å²) in [6.07, 6.45) is -7.00. The Morgan fingerprint density at radius 2 is 2.20 bits per heavy atom. The number of alkyl halides is 3. The van der Waals surface area contributed by atoms with Crippen LogP contribution in [0.1, 0.15) is 5.56 Å². The van der Waals surface area contributed by atoms with Gasteiger partial charge in [0, 0.05) is 5.56 Å². The van der Waals surface area contributed by atoms with E-state index in [1.54, 1.807) is 6.92 Å². The predicted octanol–water partition coefficient (Wildman–Crippen LogP) is 1.37. The van der Waals surface area contributed by atoms with Gasteiger partial charge in [0.1, 0.15) is 10.8 Å². The number of nitrogen functional groups attached to an aromatic ring is 1. The summed E-state index contributed by atoms with van der Waals surface area (Å²) in [5.41, 5.74) is 6.00. The van der Waals surface area contributed by atoms with Gasteiger partial charge in [-0.05, 0) is 18.5 Å². The maximum atomic E-state index is 11.9. The van der Waals surface area contributed by atoms with Gasteiger partial charge in [0.25, 0.3) is 0 Å². The van der Waals surface area contributed by atoms with Gasteiger partial charge in [-0.25, -0.2) is 0 Å². The molecule has 1 aromatic heterocycles. The Morgan fingerprint density at radius 3 is 2.60 bits per heavy atom. The quantitative estimate of drug-likeness (QED) is 0.747. The number of anilines is 2. The van der Waals surface area contributed by atoms with Gasteiger partial charge >= 0.3 is 6.18 Å². The van der Waals surface area contributed by atoms with Gasteiger partial charge in [-0.3, -0.25) is 0 Å². The maximum Gasteiger partial charge on any atom is 0.416 e. The second-order valence-corrected chi connectivity index (χ2v) is 3.73. The predicted molar refractivity (Wildman–Crippen MR) is 51.8 cm³/mol. The van der Waals surface area contributed by atoms with Crippen LogP contribution in [0.4, 0.5) is 24.0 Å². The first-order chi connectivity index (χ1) is 6.82. The fourth-order valence-corrected chi connectivity index (χ4v) is 1.53. The molecular formula is C7H10F3N3OS. The second kappa shape index (κ2) is 4.23. The van der Waals surface area contributed by atoms with E-state index in [1.165, 1.54) is 0 Å². The molecule has 0 aromatic carbocycles. The van der Waals surface area contributed by atoms with E-state index >= 15 is 0 Å². The molecule has 0 fully saturated rings. The van der Waals surface area contributed by atoms with Gasteiger partial charge < -0.3 is 16.2 Å². The molecule has 0 aliphatic rings. The van der Waals surface area contributed by atoms with E-state index in [2.05, 4.69) is 9.69 Å². The van der Waals surface area contributed by atoms with Crippen molar-refractivity contribution in [2.24, 2.45) is 0 Å². The van der Waals surface area contributed by atoms with Crippen LogP contribution < -0.4 is 11.1 Å². The van der Waals surface area contributed by atoms with E-state index in [-0.39, 0.29) is 5.82 Å². The summed E-state index contributed by atoms with van der Waals surface area (Å²) in [7, 11) is 0. The van der Waals surface area contributed by atoms with Crippen LogP contribution >= 0.6 is 11.5 Å². The number of nitrogens with zero attached hydrogens (tertiary/aromatic N) is 1. The molecule has 0 aliphatic carbocycles. The lowest BCUT2D eigenvalue weighted by atomic mass is 10.3. The van der Waals surface area contributed by atoms with Crippen molar-refractivity contribution >= 4 is 22.4 Å². The van der Waals surface area contributed by atoms with E-state index < -0.39 is 18.8 Å². The number of hydrogen-bond acceptors (Lipinski definition) is 5. The SMILES string of the molecule is Cc1c(N)nsc1NCC(O)C(F)(F)F. The van der Waals surface area contributed by atoms with E-state index in [0.717, 1.165) is 11.5 Å². The summed E-state index contributed by atoms with van der Waals surface area (Å²) in [4.78, 5) is 0. The number of aromatic nitrogens is 1. The molecule has 0 saturated carbocycles. The van der Waals surface area contributed by atoms with Crippen LogP contribution in [0, 0.1) is 6.92 Å². The van der Waals surface area contributed by atoms with E-state index in [9.17, 15) is 13.2 Å². The lowest BCUT2D eigenvalue weighted by molar-refractivity contribution is -0.198. The fourth-order valence-electron chi connectivity index (χ4n) is 0.818. The first kappa shape index (κ1) is 12.1. The molecule has 1 aromatic rings. The monoisotopic (exact) mass is 241 g/mol. The minimum Gasteiger partial charge on any atom is -0.383 e. The zero-order chi connectivity index (χ0) is 11.6. The number of halogens is 3. The smallest absolute Gasteiger partial charge is 0.383 e. The molecule has 0 saturated heterocycles. The zero-order valence-corrected chi connectivity index (χ0v) is 8.61. The van der Waals surface area contributed by atoms with Crippen molar-refractivity contribution in [2.45, 2.75) is 19.2 Å². The maximum absolute atomic E-state index is 11.9. The van der Waals surface area contributed by atoms with Crippen molar-refractivity contribution in [1.29, 1.82) is 0 Å². The summed E-state index contributed by atoms with van der Waals surface area (Å²) in [5, 5.41) is 11.6. The number of aliphatic hydroxyl groups is 1. The van der Waals surface area contributed by atoms with E-state index in [0.29, 0.717) is 10.6 Å². The van der Waals surface area contributed by atoms with Crippen molar-refractivity contribution in [2.75, 3.05) is 17.6 Å². The van der Waals surface area contributed by atoms with Gasteiger partial charge in [0.05, 0.1) is 6.54 Å². The molecule has 0 bridgehead atoms. The molecule has 0 radical (unpaired) electrons. The highest BCUT2D eigenvalue weighted by Gasteiger charge is 2.37. The Hall–Kier alpha value is -1.02. The van der Waals surface area contributed by atoms with Crippen molar-refractivity contribution in [3.63, 3.8) is 0 Å². The van der Waals surface area contributed by atoms with Crippen molar-refractivity contribution < 1.29 is 18.3 Å². The molecule has 0 amide bonds. The Kier molecular flexibility index (Phi) is 3.40. The van der Waals surface area contributed by atoms with Crippen molar-refractivity contribution in [1.82, 2.24) is 4.37 Å². The summed E-state index contributed by atoms with van der Waals surface area (Å²) in [5.74, 6) is 0.281. The molecule has 0 aliphatic heterocycles. The molecule has 1 heterocycles. The van der Waals surface area contributed by atoms with Gasteiger partial charge in [0.2, 0.25) is 0 Å². The molecule has 15 heavy (non-hydrogen) atoms. The lowest BCUT2D eigenvalue weighted by Crippen LogP contribution is -2.34. The first-order valence-corrected chi connectivity index (χ1v) is 4.80. The standard InChI is InChI=1S/C7H10F3N3OS/c1-3-5(11)13-15-6(3)12-2-4(14)7(8,9)10/h4,12,14H,2H2,1H3,(H2,11,13). The van der Waals surface area contributed by atoms with Crippen LogP contribution in [0.5, 0.6) is 0 Å². The van der Waals surface area contributed by atoms with E-state index in [1.807, 2.05) is 0 Å². The number of nitrogens with one attached hydrogen (secondary N) is 1. The van der Waals surface area contributed by atoms with Gasteiger partial charge in [-0.2, -0.15) is 17.5 Å². The van der Waals surface area contributed by atoms with E-state index in [4.69, 9.17) is 10.8 Å². The minimum atomic E-state index is -4.61. The van der Waals surface area contributed by atoms with Crippen LogP contribution in [0.15, 0.2) is 0 Å². The topological polar surface area (TPSA) is 71.2 Å². The Bertz CT molecular complexity index is 339. The highest BCUT2D eigenvalue weighted by molar-refractivity contribution is 7.10.